The molecule has 1 heterocycles. The van der Waals surface area contributed by atoms with Gasteiger partial charge in [0.1, 0.15) is 0 Å². The second kappa shape index (κ2) is 9.73. The number of carbonyl (C=O) groups excluding carboxylic acids is 1. The Kier molecular flexibility index (Phi) is 7.37. The largest absolute Gasteiger partial charge is 0.481 e. The molecule has 26 heavy (non-hydrogen) atoms. The monoisotopic (exact) mass is 382 g/mol. The first kappa shape index (κ1) is 19.7. The fraction of sp³-hybridized carbons (Fsp3) is 0.375. The third-order valence-electron chi connectivity index (χ3n) is 3.31. The SMILES string of the molecule is COCCc1noc(-c2cc(Cl)ccc2NC(=O)NCCCC(=O)O)n1. The standard InChI is InChI=1S/C16H19ClN4O5/c1-25-8-6-13-20-15(26-21-13)11-9-10(17)4-5-12(11)19-16(24)18-7-2-3-14(22)23/h4-5,9H,2-3,6-8H2,1H3,(H,22,23)(H2,18,19,24). The average molecular weight is 383 g/mol. The molecule has 0 aliphatic carbocycles. The molecule has 3 N–H and O–H groups in total. The minimum atomic E-state index is -0.909. The van der Waals surface area contributed by atoms with Gasteiger partial charge >= 0.3 is 12.0 Å². The van der Waals surface area contributed by atoms with E-state index in [2.05, 4.69) is 20.8 Å². The predicted octanol–water partition coefficient (Wildman–Crippen LogP) is 2.57. The van der Waals surface area contributed by atoms with Gasteiger partial charge in [0.25, 0.3) is 5.89 Å². The number of halogens is 1. The van der Waals surface area contributed by atoms with Crippen molar-refractivity contribution in [2.75, 3.05) is 25.6 Å². The van der Waals surface area contributed by atoms with E-state index < -0.39 is 12.0 Å². The van der Waals surface area contributed by atoms with Gasteiger partial charge < -0.3 is 25.0 Å². The summed E-state index contributed by atoms with van der Waals surface area (Å²) in [6.07, 6.45) is 0.814. The van der Waals surface area contributed by atoms with Crippen molar-refractivity contribution in [1.82, 2.24) is 15.5 Å². The average Bonchev–Trinajstić information content (AvgIpc) is 3.07. The molecule has 0 aliphatic rings. The predicted molar refractivity (Wildman–Crippen MR) is 94.2 cm³/mol. The molecule has 0 radical (unpaired) electrons. The Morgan fingerprint density at radius 3 is 2.92 bits per heavy atom. The van der Waals surface area contributed by atoms with E-state index in [0.717, 1.165) is 0 Å². The number of nitrogens with zero attached hydrogens (tertiary/aromatic N) is 2. The summed E-state index contributed by atoms with van der Waals surface area (Å²) in [5, 5.41) is 18.2. The Morgan fingerprint density at radius 1 is 1.38 bits per heavy atom. The summed E-state index contributed by atoms with van der Waals surface area (Å²) in [4.78, 5) is 26.7. The summed E-state index contributed by atoms with van der Waals surface area (Å²) >= 11 is 6.03. The van der Waals surface area contributed by atoms with Gasteiger partial charge in [0.05, 0.1) is 17.9 Å². The van der Waals surface area contributed by atoms with Gasteiger partial charge in [-0.2, -0.15) is 4.98 Å². The summed E-state index contributed by atoms with van der Waals surface area (Å²) in [6, 6.07) is 4.37. The van der Waals surface area contributed by atoms with Crippen molar-refractivity contribution in [2.45, 2.75) is 19.3 Å². The number of urea groups is 1. The Morgan fingerprint density at radius 2 is 2.19 bits per heavy atom. The molecule has 0 aliphatic heterocycles. The highest BCUT2D eigenvalue weighted by Crippen LogP contribution is 2.29. The highest BCUT2D eigenvalue weighted by molar-refractivity contribution is 6.31. The summed E-state index contributed by atoms with van der Waals surface area (Å²) in [5.74, 6) is -0.210. The molecule has 2 aromatic rings. The molecule has 140 valence electrons. The lowest BCUT2D eigenvalue weighted by atomic mass is 10.1. The topological polar surface area (TPSA) is 127 Å². The van der Waals surface area contributed by atoms with E-state index in [-0.39, 0.29) is 18.9 Å². The fourth-order valence-electron chi connectivity index (χ4n) is 2.07. The van der Waals surface area contributed by atoms with Crippen molar-refractivity contribution in [3.05, 3.63) is 29.0 Å². The van der Waals surface area contributed by atoms with E-state index in [4.69, 9.17) is 26.0 Å². The third-order valence-corrected chi connectivity index (χ3v) is 3.55. The van der Waals surface area contributed by atoms with Gasteiger partial charge in [-0.3, -0.25) is 4.79 Å². The Bertz CT molecular complexity index is 765. The number of amides is 2. The molecule has 0 bridgehead atoms. The first-order valence-electron chi connectivity index (χ1n) is 7.87. The molecule has 0 saturated carbocycles. The van der Waals surface area contributed by atoms with Gasteiger partial charge in [-0.25, -0.2) is 4.79 Å². The smallest absolute Gasteiger partial charge is 0.319 e. The lowest BCUT2D eigenvalue weighted by molar-refractivity contribution is -0.137. The molecular formula is C16H19ClN4O5. The van der Waals surface area contributed by atoms with Crippen LogP contribution in [-0.4, -0.2) is 47.5 Å². The molecule has 9 nitrogen and oxygen atoms in total. The molecule has 10 heteroatoms. The maximum atomic E-state index is 12.0. The minimum absolute atomic E-state index is 0.0152. The number of hydrogen-bond acceptors (Lipinski definition) is 6. The van der Waals surface area contributed by atoms with Crippen molar-refractivity contribution in [2.24, 2.45) is 0 Å². The van der Waals surface area contributed by atoms with Crippen molar-refractivity contribution < 1.29 is 24.0 Å². The lowest BCUT2D eigenvalue weighted by Crippen LogP contribution is -2.30. The maximum Gasteiger partial charge on any atom is 0.319 e. The molecule has 2 amide bonds. The van der Waals surface area contributed by atoms with E-state index in [9.17, 15) is 9.59 Å². The number of benzene rings is 1. The summed E-state index contributed by atoms with van der Waals surface area (Å²) in [6.45, 7) is 0.696. The number of carbonyl (C=O) groups is 2. The maximum absolute atomic E-state index is 12.0. The van der Waals surface area contributed by atoms with Crippen molar-refractivity contribution in [3.63, 3.8) is 0 Å². The second-order valence-electron chi connectivity index (χ2n) is 5.33. The van der Waals surface area contributed by atoms with Crippen LogP contribution < -0.4 is 10.6 Å². The summed E-state index contributed by atoms with van der Waals surface area (Å²) < 4.78 is 10.2. The lowest BCUT2D eigenvalue weighted by Gasteiger charge is -2.10. The van der Waals surface area contributed by atoms with E-state index in [0.29, 0.717) is 41.5 Å². The quantitative estimate of drug-likeness (QED) is 0.569. The van der Waals surface area contributed by atoms with Crippen LogP contribution in [0.5, 0.6) is 0 Å². The number of aliphatic carboxylic acids is 1. The first-order valence-corrected chi connectivity index (χ1v) is 8.25. The molecule has 1 aromatic heterocycles. The van der Waals surface area contributed by atoms with Gasteiger partial charge in [-0.05, 0) is 24.6 Å². The highest BCUT2D eigenvalue weighted by atomic mass is 35.5. The number of nitrogens with one attached hydrogen (secondary N) is 2. The van der Waals surface area contributed by atoms with E-state index in [1.165, 1.54) is 0 Å². The number of ether oxygens (including phenoxy) is 1. The van der Waals surface area contributed by atoms with Crippen LogP contribution in [0.2, 0.25) is 5.02 Å². The normalized spacial score (nSPS) is 10.5. The van der Waals surface area contributed by atoms with E-state index in [1.807, 2.05) is 0 Å². The first-order chi connectivity index (χ1) is 12.5. The molecular weight excluding hydrogens is 364 g/mol. The molecule has 2 rings (SSSR count). The zero-order valence-electron chi connectivity index (χ0n) is 14.1. The van der Waals surface area contributed by atoms with E-state index in [1.54, 1.807) is 25.3 Å². The molecule has 0 spiro atoms. The van der Waals surface area contributed by atoms with Crippen LogP contribution in [0.4, 0.5) is 10.5 Å². The third kappa shape index (κ3) is 6.01. The Labute approximate surface area is 154 Å². The fourth-order valence-corrected chi connectivity index (χ4v) is 2.24. The number of rotatable bonds is 9. The van der Waals surface area contributed by atoms with Crippen LogP contribution in [0.15, 0.2) is 22.7 Å². The summed E-state index contributed by atoms with van der Waals surface area (Å²) in [5.41, 5.74) is 0.918. The molecule has 1 aromatic carbocycles. The van der Waals surface area contributed by atoms with E-state index >= 15 is 0 Å². The van der Waals surface area contributed by atoms with Gasteiger partial charge in [0.2, 0.25) is 0 Å². The van der Waals surface area contributed by atoms with Crippen LogP contribution in [0.25, 0.3) is 11.5 Å². The minimum Gasteiger partial charge on any atom is -0.481 e. The summed E-state index contributed by atoms with van der Waals surface area (Å²) in [7, 11) is 1.58. The van der Waals surface area contributed by atoms with Gasteiger partial charge in [-0.1, -0.05) is 16.8 Å². The zero-order chi connectivity index (χ0) is 18.9. The number of hydrogen-bond donors (Lipinski definition) is 3. The number of carboxylic acid groups (broad SMARTS) is 1. The molecule has 0 fully saturated rings. The second-order valence-corrected chi connectivity index (χ2v) is 5.76. The van der Waals surface area contributed by atoms with Crippen molar-refractivity contribution in [1.29, 1.82) is 0 Å². The van der Waals surface area contributed by atoms with Crippen molar-refractivity contribution in [3.8, 4) is 11.5 Å². The number of anilines is 1. The van der Waals surface area contributed by atoms with Crippen LogP contribution >= 0.6 is 11.6 Å². The molecule has 0 atom stereocenters. The van der Waals surface area contributed by atoms with Crippen LogP contribution in [0.3, 0.4) is 0 Å². The number of methoxy groups -OCH3 is 1. The Balaban J connectivity index is 2.06. The number of carboxylic acids is 1. The highest BCUT2D eigenvalue weighted by Gasteiger charge is 2.15. The van der Waals surface area contributed by atoms with Crippen LogP contribution in [0, 0.1) is 0 Å². The molecule has 0 unspecified atom stereocenters. The van der Waals surface area contributed by atoms with Crippen LogP contribution in [-0.2, 0) is 16.0 Å². The van der Waals surface area contributed by atoms with Gasteiger partial charge in [0, 0.05) is 31.5 Å². The van der Waals surface area contributed by atoms with Crippen LogP contribution in [0.1, 0.15) is 18.7 Å². The van der Waals surface area contributed by atoms with Gasteiger partial charge in [0.15, 0.2) is 5.82 Å². The molecule has 0 saturated heterocycles. The zero-order valence-corrected chi connectivity index (χ0v) is 14.9. The van der Waals surface area contributed by atoms with Gasteiger partial charge in [-0.15, -0.1) is 0 Å². The number of aromatic nitrogens is 2. The Hall–Kier alpha value is -2.65. The van der Waals surface area contributed by atoms with Crippen molar-refractivity contribution >= 4 is 29.3 Å².